The molecular formula is C16H13N4+. The summed E-state index contributed by atoms with van der Waals surface area (Å²) in [4.78, 5) is 11.1. The Balaban J connectivity index is 1.89. The van der Waals surface area contributed by atoms with Crippen molar-refractivity contribution < 1.29 is 4.57 Å². The number of benzene rings is 1. The van der Waals surface area contributed by atoms with Gasteiger partial charge in [-0.1, -0.05) is 18.2 Å². The normalized spacial score (nSPS) is 13.6. The minimum atomic E-state index is 1.01. The zero-order chi connectivity index (χ0) is 13.1. The maximum absolute atomic E-state index is 4.37. The van der Waals surface area contributed by atoms with Gasteiger partial charge in [0.2, 0.25) is 5.69 Å². The Hall–Kier alpha value is -2.62. The number of nitrogens with zero attached hydrogens (tertiary/aromatic N) is 2. The van der Waals surface area contributed by atoms with Crippen LogP contribution in [0.3, 0.4) is 0 Å². The van der Waals surface area contributed by atoms with Crippen LogP contribution < -0.4 is 4.57 Å². The van der Waals surface area contributed by atoms with Gasteiger partial charge in [0.1, 0.15) is 16.7 Å². The van der Waals surface area contributed by atoms with E-state index in [1.165, 1.54) is 27.9 Å². The lowest BCUT2D eigenvalue weighted by atomic mass is 10.0. The highest BCUT2D eigenvalue weighted by Crippen LogP contribution is 2.32. The SMILES string of the molecule is c1ccc2c3c([nH]c2c1)-c1cc2nc[nH]c2c[n+]1CC3. The number of hydrogen-bond acceptors (Lipinski definition) is 1. The van der Waals surface area contributed by atoms with Crippen molar-refractivity contribution in [1.82, 2.24) is 15.0 Å². The highest BCUT2D eigenvalue weighted by molar-refractivity contribution is 5.91. The number of nitrogens with one attached hydrogen (secondary N) is 2. The molecule has 3 aromatic heterocycles. The van der Waals surface area contributed by atoms with Gasteiger partial charge in [-0.25, -0.2) is 4.98 Å². The molecule has 20 heavy (non-hydrogen) atoms. The van der Waals surface area contributed by atoms with E-state index in [0.29, 0.717) is 0 Å². The van der Waals surface area contributed by atoms with E-state index < -0.39 is 0 Å². The molecule has 0 saturated heterocycles. The van der Waals surface area contributed by atoms with Crippen LogP contribution in [0.25, 0.3) is 33.3 Å². The Morgan fingerprint density at radius 3 is 3.10 bits per heavy atom. The summed E-state index contributed by atoms with van der Waals surface area (Å²) in [5.74, 6) is 0. The van der Waals surface area contributed by atoms with Crippen molar-refractivity contribution >= 4 is 21.9 Å². The minimum absolute atomic E-state index is 1.01. The number of hydrogen-bond donors (Lipinski definition) is 2. The second-order valence-corrected chi connectivity index (χ2v) is 5.33. The fourth-order valence-electron chi connectivity index (χ4n) is 3.28. The molecule has 0 unspecified atom stereocenters. The number of aromatic amines is 2. The fraction of sp³-hybridized carbons (Fsp3) is 0.125. The lowest BCUT2D eigenvalue weighted by Gasteiger charge is -2.10. The van der Waals surface area contributed by atoms with Crippen LogP contribution in [-0.4, -0.2) is 15.0 Å². The van der Waals surface area contributed by atoms with Crippen LogP contribution in [0.1, 0.15) is 5.56 Å². The number of fused-ring (bicyclic) bond motifs is 6. The largest absolute Gasteiger partial charge is 0.349 e. The second kappa shape index (κ2) is 3.48. The predicted molar refractivity (Wildman–Crippen MR) is 77.3 cm³/mol. The van der Waals surface area contributed by atoms with Crippen molar-refractivity contribution in [3.05, 3.63) is 48.4 Å². The summed E-state index contributed by atoms with van der Waals surface area (Å²) in [7, 11) is 0. The van der Waals surface area contributed by atoms with Gasteiger partial charge in [-0.05, 0) is 11.6 Å². The molecule has 0 amide bonds. The van der Waals surface area contributed by atoms with E-state index in [4.69, 9.17) is 0 Å². The molecule has 0 radical (unpaired) electrons. The van der Waals surface area contributed by atoms with Gasteiger partial charge in [-0.15, -0.1) is 0 Å². The molecule has 1 aliphatic heterocycles. The number of para-hydroxylation sites is 1. The van der Waals surface area contributed by atoms with E-state index in [2.05, 4.69) is 56.0 Å². The zero-order valence-electron chi connectivity index (χ0n) is 10.9. The Labute approximate surface area is 115 Å². The summed E-state index contributed by atoms with van der Waals surface area (Å²) >= 11 is 0. The smallest absolute Gasteiger partial charge is 0.231 e. The Morgan fingerprint density at radius 1 is 1.15 bits per heavy atom. The Bertz CT molecular complexity index is 961. The average molecular weight is 261 g/mol. The van der Waals surface area contributed by atoms with E-state index >= 15 is 0 Å². The highest BCUT2D eigenvalue weighted by atomic mass is 15.0. The topological polar surface area (TPSA) is 48.4 Å². The summed E-state index contributed by atoms with van der Waals surface area (Å²) < 4.78 is 2.30. The first-order chi connectivity index (χ1) is 9.90. The molecule has 4 nitrogen and oxygen atoms in total. The number of rotatable bonds is 0. The molecule has 5 rings (SSSR count). The minimum Gasteiger partial charge on any atom is -0.349 e. The van der Waals surface area contributed by atoms with Gasteiger partial charge in [-0.3, -0.25) is 0 Å². The van der Waals surface area contributed by atoms with Gasteiger partial charge in [0.25, 0.3) is 0 Å². The average Bonchev–Trinajstić information content (AvgIpc) is 3.08. The molecule has 0 aliphatic carbocycles. The van der Waals surface area contributed by atoms with Crippen LogP contribution in [0.15, 0.2) is 42.9 Å². The maximum Gasteiger partial charge on any atom is 0.231 e. The Morgan fingerprint density at radius 2 is 2.10 bits per heavy atom. The second-order valence-electron chi connectivity index (χ2n) is 5.33. The van der Waals surface area contributed by atoms with Crippen LogP contribution >= 0.6 is 0 Å². The lowest BCUT2D eigenvalue weighted by Crippen LogP contribution is -2.39. The molecule has 96 valence electrons. The van der Waals surface area contributed by atoms with Gasteiger partial charge in [0.15, 0.2) is 12.7 Å². The third kappa shape index (κ3) is 1.20. The molecular weight excluding hydrogens is 248 g/mol. The van der Waals surface area contributed by atoms with E-state index in [9.17, 15) is 0 Å². The first-order valence-corrected chi connectivity index (χ1v) is 6.87. The maximum atomic E-state index is 4.37. The molecule has 2 N–H and O–H groups in total. The summed E-state index contributed by atoms with van der Waals surface area (Å²) in [6.07, 6.45) is 4.98. The van der Waals surface area contributed by atoms with Crippen molar-refractivity contribution in [2.45, 2.75) is 13.0 Å². The quantitative estimate of drug-likeness (QED) is 0.470. The predicted octanol–water partition coefficient (Wildman–Crippen LogP) is 2.55. The van der Waals surface area contributed by atoms with Crippen molar-refractivity contribution in [3.8, 4) is 11.4 Å². The standard InChI is InChI=1S/C16H12N4/c1-2-4-12-10(3-1)11-5-6-20-8-14-13(17-9-18-14)7-15(20)16(11)19-12/h1-4,7-9H,5-6H2,(H,17,18,19)/p+1. The van der Waals surface area contributed by atoms with Crippen LogP contribution in [0, 0.1) is 0 Å². The number of aryl methyl sites for hydroxylation is 2. The summed E-state index contributed by atoms with van der Waals surface area (Å²) in [5, 5.41) is 1.34. The fourth-order valence-corrected chi connectivity index (χ4v) is 3.28. The van der Waals surface area contributed by atoms with Crippen molar-refractivity contribution in [3.63, 3.8) is 0 Å². The first-order valence-electron chi connectivity index (χ1n) is 6.87. The molecule has 4 heterocycles. The highest BCUT2D eigenvalue weighted by Gasteiger charge is 2.27. The van der Waals surface area contributed by atoms with Crippen LogP contribution in [-0.2, 0) is 13.0 Å². The van der Waals surface area contributed by atoms with Crippen molar-refractivity contribution in [2.75, 3.05) is 0 Å². The summed E-state index contributed by atoms with van der Waals surface area (Å²) in [6, 6.07) is 10.7. The monoisotopic (exact) mass is 261 g/mol. The van der Waals surface area contributed by atoms with Crippen LogP contribution in [0.5, 0.6) is 0 Å². The van der Waals surface area contributed by atoms with Crippen LogP contribution in [0.2, 0.25) is 0 Å². The van der Waals surface area contributed by atoms with Crippen LogP contribution in [0.4, 0.5) is 0 Å². The molecule has 4 aromatic rings. The number of H-pyrrole nitrogens is 2. The molecule has 1 aliphatic rings. The number of pyridine rings is 1. The lowest BCUT2D eigenvalue weighted by molar-refractivity contribution is -0.686. The van der Waals surface area contributed by atoms with Crippen molar-refractivity contribution in [1.29, 1.82) is 0 Å². The van der Waals surface area contributed by atoms with Crippen molar-refractivity contribution in [2.24, 2.45) is 0 Å². The molecule has 1 aromatic carbocycles. The third-order valence-electron chi connectivity index (χ3n) is 4.24. The molecule has 0 fully saturated rings. The molecule has 4 heteroatoms. The molecule has 0 spiro atoms. The van der Waals surface area contributed by atoms with E-state index in [1.807, 2.05) is 0 Å². The van der Waals surface area contributed by atoms with Gasteiger partial charge >= 0.3 is 0 Å². The zero-order valence-corrected chi connectivity index (χ0v) is 10.9. The Kier molecular flexibility index (Phi) is 1.77. The van der Waals surface area contributed by atoms with Gasteiger partial charge in [0, 0.05) is 23.4 Å². The van der Waals surface area contributed by atoms with E-state index in [-0.39, 0.29) is 0 Å². The summed E-state index contributed by atoms with van der Waals surface area (Å²) in [5.41, 5.74) is 7.21. The van der Waals surface area contributed by atoms with E-state index in [0.717, 1.165) is 24.0 Å². The number of imidazole rings is 1. The summed E-state index contributed by atoms with van der Waals surface area (Å²) in [6.45, 7) is 1.01. The van der Waals surface area contributed by atoms with Gasteiger partial charge in [0.05, 0.1) is 6.33 Å². The van der Waals surface area contributed by atoms with Gasteiger partial charge < -0.3 is 9.97 Å². The first kappa shape index (κ1) is 10.2. The molecule has 0 atom stereocenters. The molecule has 0 bridgehead atoms. The number of aromatic nitrogens is 4. The van der Waals surface area contributed by atoms with E-state index in [1.54, 1.807) is 6.33 Å². The molecule has 0 saturated carbocycles. The van der Waals surface area contributed by atoms with Gasteiger partial charge in [-0.2, -0.15) is 4.57 Å². The third-order valence-corrected chi connectivity index (χ3v) is 4.24.